The van der Waals surface area contributed by atoms with Gasteiger partial charge in [-0.15, -0.1) is 22.7 Å². The molecule has 0 aliphatic heterocycles. The van der Waals surface area contributed by atoms with Crippen molar-refractivity contribution in [2.24, 2.45) is 5.73 Å². The second kappa shape index (κ2) is 8.42. The fourth-order valence-corrected chi connectivity index (χ4v) is 5.63. The number of carbonyl (C=O) groups excluding carboxylic acids is 2. The molecule has 0 bridgehead atoms. The van der Waals surface area contributed by atoms with Gasteiger partial charge in [0, 0.05) is 15.8 Å². The first-order chi connectivity index (χ1) is 14.5. The van der Waals surface area contributed by atoms with E-state index >= 15 is 0 Å². The molecule has 0 saturated carbocycles. The molecule has 30 heavy (non-hydrogen) atoms. The van der Waals surface area contributed by atoms with Crippen molar-refractivity contribution in [1.29, 1.82) is 0 Å². The smallest absolute Gasteiger partial charge is 0.318 e. The van der Waals surface area contributed by atoms with E-state index < -0.39 is 17.2 Å². The average Bonchev–Trinajstić information content (AvgIpc) is 3.38. The van der Waals surface area contributed by atoms with Crippen molar-refractivity contribution in [3.05, 3.63) is 63.6 Å². The van der Waals surface area contributed by atoms with E-state index in [2.05, 4.69) is 5.32 Å². The molecule has 0 saturated heterocycles. The van der Waals surface area contributed by atoms with Gasteiger partial charge in [-0.2, -0.15) is 0 Å². The number of thiophene rings is 2. The van der Waals surface area contributed by atoms with Crippen LogP contribution in [0.5, 0.6) is 0 Å². The number of primary amides is 1. The molecule has 1 aromatic carbocycles. The minimum Gasteiger partial charge on any atom is -0.351 e. The van der Waals surface area contributed by atoms with Gasteiger partial charge in [0.05, 0.1) is 16.3 Å². The molecular weight excluding hydrogens is 440 g/mol. The number of rotatable bonds is 5. The highest BCUT2D eigenvalue weighted by Crippen LogP contribution is 2.35. The number of aromatic nitrogens is 2. The number of nitrogens with zero attached hydrogens (tertiary/aromatic N) is 2. The largest absolute Gasteiger partial charge is 0.351 e. The first-order valence-electron chi connectivity index (χ1n) is 8.86. The van der Waals surface area contributed by atoms with Crippen molar-refractivity contribution in [3.8, 4) is 16.1 Å². The van der Waals surface area contributed by atoms with Gasteiger partial charge in [0.1, 0.15) is 4.83 Å². The fraction of sp³-hybridized carbons (Fsp3) is 0.100. The molecule has 1 atom stereocenters. The molecule has 0 aliphatic carbocycles. The highest BCUT2D eigenvalue weighted by molar-refractivity contribution is 8.00. The van der Waals surface area contributed by atoms with Crippen molar-refractivity contribution in [1.82, 2.24) is 14.9 Å². The predicted molar refractivity (Wildman–Crippen MR) is 122 cm³/mol. The Morgan fingerprint density at radius 1 is 1.17 bits per heavy atom. The Hall–Kier alpha value is -2.95. The maximum absolute atomic E-state index is 13.6. The van der Waals surface area contributed by atoms with E-state index in [0.717, 1.165) is 22.2 Å². The summed E-state index contributed by atoms with van der Waals surface area (Å²) >= 11 is 4.04. The summed E-state index contributed by atoms with van der Waals surface area (Å²) in [5, 5.41) is 6.18. The summed E-state index contributed by atoms with van der Waals surface area (Å²) in [6.45, 7) is 1.63. The molecule has 4 rings (SSSR count). The molecule has 0 radical (unpaired) electrons. The number of imide groups is 1. The van der Waals surface area contributed by atoms with E-state index in [-0.39, 0.29) is 5.56 Å². The summed E-state index contributed by atoms with van der Waals surface area (Å²) < 4.78 is 1.50. The van der Waals surface area contributed by atoms with Crippen LogP contribution in [-0.2, 0) is 4.79 Å². The maximum Gasteiger partial charge on any atom is 0.318 e. The molecule has 0 aliphatic rings. The van der Waals surface area contributed by atoms with Crippen LogP contribution < -0.4 is 16.6 Å². The molecule has 3 N–H and O–H groups in total. The van der Waals surface area contributed by atoms with Gasteiger partial charge in [-0.3, -0.25) is 19.5 Å². The molecule has 10 heteroatoms. The number of hydrogen-bond donors (Lipinski definition) is 2. The molecular formula is C20H16N4O3S3. The number of hydrogen-bond acceptors (Lipinski definition) is 7. The molecule has 0 fully saturated rings. The summed E-state index contributed by atoms with van der Waals surface area (Å²) in [5.41, 5.74) is 6.33. The Kier molecular flexibility index (Phi) is 5.71. The van der Waals surface area contributed by atoms with E-state index in [1.165, 1.54) is 15.9 Å². The lowest BCUT2D eigenvalue weighted by molar-refractivity contribution is -0.119. The number of amides is 3. The number of thioether (sulfide) groups is 1. The Balaban J connectivity index is 1.89. The van der Waals surface area contributed by atoms with Crippen molar-refractivity contribution >= 4 is 56.6 Å². The standard InChI is InChI=1S/C20H16N4O3S3/c1-11(16(25)22-19(21)27)30-20-23-17-15(13(10-29-17)14-8-5-9-28-14)18(26)24(20)12-6-3-2-4-7-12/h2-11H,1H3,(H3,21,22,25,27). The first-order valence-corrected chi connectivity index (χ1v) is 11.5. The van der Waals surface area contributed by atoms with E-state index in [4.69, 9.17) is 10.7 Å². The van der Waals surface area contributed by atoms with Crippen LogP contribution in [0.15, 0.2) is 63.2 Å². The Labute approximate surface area is 183 Å². The van der Waals surface area contributed by atoms with E-state index in [0.29, 0.717) is 21.1 Å². The second-order valence-electron chi connectivity index (χ2n) is 6.29. The highest BCUT2D eigenvalue weighted by Gasteiger charge is 2.23. The summed E-state index contributed by atoms with van der Waals surface area (Å²) in [7, 11) is 0. The number of nitrogens with two attached hydrogens (primary N) is 1. The lowest BCUT2D eigenvalue weighted by Crippen LogP contribution is -2.39. The number of para-hydroxylation sites is 1. The first kappa shape index (κ1) is 20.3. The monoisotopic (exact) mass is 456 g/mol. The zero-order valence-corrected chi connectivity index (χ0v) is 18.1. The maximum atomic E-state index is 13.6. The molecule has 3 amide bonds. The van der Waals surface area contributed by atoms with Crippen molar-refractivity contribution in [3.63, 3.8) is 0 Å². The molecule has 4 aromatic rings. The van der Waals surface area contributed by atoms with Crippen LogP contribution in [0.3, 0.4) is 0 Å². The number of fused-ring (bicyclic) bond motifs is 1. The average molecular weight is 457 g/mol. The summed E-state index contributed by atoms with van der Waals surface area (Å²) in [6.07, 6.45) is 0. The van der Waals surface area contributed by atoms with E-state index in [1.807, 2.05) is 53.2 Å². The van der Waals surface area contributed by atoms with Gasteiger partial charge in [0.25, 0.3) is 5.56 Å². The fourth-order valence-electron chi connectivity index (χ4n) is 2.90. The molecule has 0 spiro atoms. The van der Waals surface area contributed by atoms with E-state index in [1.54, 1.807) is 18.3 Å². The lowest BCUT2D eigenvalue weighted by atomic mass is 10.2. The second-order valence-corrected chi connectivity index (χ2v) is 9.40. The molecule has 3 heterocycles. The van der Waals surface area contributed by atoms with Crippen LogP contribution >= 0.6 is 34.4 Å². The van der Waals surface area contributed by atoms with Crippen LogP contribution in [-0.4, -0.2) is 26.7 Å². The van der Waals surface area contributed by atoms with Gasteiger partial charge in [-0.25, -0.2) is 9.78 Å². The number of carbonyl (C=O) groups is 2. The molecule has 152 valence electrons. The van der Waals surface area contributed by atoms with Crippen molar-refractivity contribution < 1.29 is 9.59 Å². The van der Waals surface area contributed by atoms with Gasteiger partial charge in [0.15, 0.2) is 5.16 Å². The summed E-state index contributed by atoms with van der Waals surface area (Å²) in [6, 6.07) is 12.1. The molecule has 3 aromatic heterocycles. The number of nitrogens with one attached hydrogen (secondary N) is 1. The third-order valence-corrected chi connectivity index (χ3v) is 7.10. The van der Waals surface area contributed by atoms with Gasteiger partial charge in [0.2, 0.25) is 5.91 Å². The Bertz CT molecular complexity index is 1280. The van der Waals surface area contributed by atoms with Crippen LogP contribution in [0, 0.1) is 0 Å². The van der Waals surface area contributed by atoms with Gasteiger partial charge >= 0.3 is 6.03 Å². The van der Waals surface area contributed by atoms with Crippen LogP contribution in [0.25, 0.3) is 26.3 Å². The van der Waals surface area contributed by atoms with E-state index in [9.17, 15) is 14.4 Å². The lowest BCUT2D eigenvalue weighted by Gasteiger charge is -2.15. The summed E-state index contributed by atoms with van der Waals surface area (Å²) in [4.78, 5) is 43.1. The van der Waals surface area contributed by atoms with Crippen LogP contribution in [0.4, 0.5) is 4.79 Å². The minimum absolute atomic E-state index is 0.208. The Morgan fingerprint density at radius 3 is 2.60 bits per heavy atom. The Morgan fingerprint density at radius 2 is 1.93 bits per heavy atom. The number of benzene rings is 1. The quantitative estimate of drug-likeness (QED) is 0.350. The zero-order chi connectivity index (χ0) is 21.3. The molecule has 1 unspecified atom stereocenters. The third-order valence-electron chi connectivity index (χ3n) is 4.28. The van der Waals surface area contributed by atoms with Crippen molar-refractivity contribution in [2.45, 2.75) is 17.3 Å². The van der Waals surface area contributed by atoms with Gasteiger partial charge < -0.3 is 5.73 Å². The van der Waals surface area contributed by atoms with Gasteiger partial charge in [-0.05, 0) is 30.5 Å². The van der Waals surface area contributed by atoms with Crippen LogP contribution in [0.1, 0.15) is 6.92 Å². The number of urea groups is 1. The van der Waals surface area contributed by atoms with Gasteiger partial charge in [-0.1, -0.05) is 36.0 Å². The topological polar surface area (TPSA) is 107 Å². The van der Waals surface area contributed by atoms with Crippen molar-refractivity contribution in [2.75, 3.05) is 0 Å². The predicted octanol–water partition coefficient (Wildman–Crippen LogP) is 3.85. The zero-order valence-electron chi connectivity index (χ0n) is 15.7. The minimum atomic E-state index is -0.921. The third kappa shape index (κ3) is 3.89. The normalized spacial score (nSPS) is 12.0. The highest BCUT2D eigenvalue weighted by atomic mass is 32.2. The summed E-state index contributed by atoms with van der Waals surface area (Å²) in [5.74, 6) is -0.549. The molecule has 7 nitrogen and oxygen atoms in total. The van der Waals surface area contributed by atoms with Crippen LogP contribution in [0.2, 0.25) is 0 Å². The SMILES string of the molecule is CC(Sc1nc2scc(-c3cccs3)c2c(=O)n1-c1ccccc1)C(=O)NC(N)=O.